The Morgan fingerprint density at radius 1 is 1.00 bits per heavy atom. The molecule has 3 aliphatic rings. The molecular weight excluding hydrogens is 508 g/mol. The van der Waals surface area contributed by atoms with E-state index < -0.39 is 11.6 Å². The number of hydrogen-bond acceptors (Lipinski definition) is 4. The molecule has 0 spiro atoms. The number of aromatic nitrogens is 2. The van der Waals surface area contributed by atoms with E-state index in [0.29, 0.717) is 55.5 Å². The molecule has 2 aliphatic heterocycles. The first-order valence-corrected chi connectivity index (χ1v) is 15.0. The van der Waals surface area contributed by atoms with Crippen molar-refractivity contribution in [3.05, 3.63) is 65.6 Å². The van der Waals surface area contributed by atoms with Crippen LogP contribution in [0.2, 0.25) is 0 Å². The largest absolute Gasteiger partial charge is 0.368 e. The molecule has 4 atom stereocenters. The van der Waals surface area contributed by atoms with Crippen molar-refractivity contribution in [3.63, 3.8) is 0 Å². The number of likely N-dealkylation sites (tertiary alicyclic amines) is 1. The standard InChI is InChI=1S/C32H41F2N5O/c1-22(15-24-7-10-31-35-23(2)18-39(31)19-24)17-36-20-25-5-3-4-6-27(25)28(21-36)32(40)38-13-11-37(12-14-38)26-8-9-29(33)30(34)16-26/h7-10,16,18-19,22,25,27-28H,3-6,11-15,17,20-21H2,1-2H3/t22-,25-,27-,28+/m0/s1. The summed E-state index contributed by atoms with van der Waals surface area (Å²) in [5.74, 6) is 0.240. The van der Waals surface area contributed by atoms with Crippen molar-refractivity contribution >= 4 is 17.2 Å². The lowest BCUT2D eigenvalue weighted by Gasteiger charge is -2.48. The summed E-state index contributed by atoms with van der Waals surface area (Å²) in [5, 5.41) is 0. The SMILES string of the molecule is Cc1cn2cc(C[C@H](C)CN3C[C@@H]4CCCC[C@@H]4[C@H](C(=O)N4CCN(c5ccc(F)c(F)c5)CC4)C3)ccc2n1. The highest BCUT2D eigenvalue weighted by Crippen LogP contribution is 2.40. The van der Waals surface area contributed by atoms with Crippen molar-refractivity contribution in [2.24, 2.45) is 23.7 Å². The molecule has 1 saturated carbocycles. The highest BCUT2D eigenvalue weighted by atomic mass is 19.2. The summed E-state index contributed by atoms with van der Waals surface area (Å²) in [5.41, 5.74) is 4.01. The van der Waals surface area contributed by atoms with Gasteiger partial charge < -0.3 is 19.1 Å². The molecule has 1 amide bonds. The number of fused-ring (bicyclic) bond motifs is 2. The van der Waals surface area contributed by atoms with E-state index in [1.54, 1.807) is 6.07 Å². The Bertz CT molecular complexity index is 1350. The number of piperidine rings is 1. The second-order valence-electron chi connectivity index (χ2n) is 12.4. The number of pyridine rings is 1. The number of benzene rings is 1. The molecule has 0 radical (unpaired) electrons. The van der Waals surface area contributed by atoms with Crippen LogP contribution >= 0.6 is 0 Å². The minimum Gasteiger partial charge on any atom is -0.368 e. The first-order valence-electron chi connectivity index (χ1n) is 15.0. The number of piperazine rings is 1. The fraction of sp³-hybridized carbons (Fsp3) is 0.562. The average molecular weight is 550 g/mol. The Hall–Kier alpha value is -3.00. The van der Waals surface area contributed by atoms with E-state index in [1.165, 1.54) is 37.0 Å². The second-order valence-corrected chi connectivity index (χ2v) is 12.4. The van der Waals surface area contributed by atoms with Crippen LogP contribution in [0.25, 0.3) is 5.65 Å². The first kappa shape index (κ1) is 27.2. The van der Waals surface area contributed by atoms with Gasteiger partial charge in [0.25, 0.3) is 0 Å². The van der Waals surface area contributed by atoms with Gasteiger partial charge in [-0.05, 0) is 67.7 Å². The Balaban J connectivity index is 1.09. The van der Waals surface area contributed by atoms with Crippen LogP contribution in [0.15, 0.2) is 42.7 Å². The molecule has 214 valence electrons. The number of nitrogens with zero attached hydrogens (tertiary/aromatic N) is 5. The van der Waals surface area contributed by atoms with Crippen LogP contribution in [-0.2, 0) is 11.2 Å². The molecule has 2 saturated heterocycles. The molecule has 0 bridgehead atoms. The van der Waals surface area contributed by atoms with Gasteiger partial charge in [-0.25, -0.2) is 13.8 Å². The number of carbonyl (C=O) groups excluding carboxylic acids is 1. The van der Waals surface area contributed by atoms with E-state index in [0.717, 1.165) is 43.8 Å². The predicted molar refractivity (Wildman–Crippen MR) is 153 cm³/mol. The lowest BCUT2D eigenvalue weighted by molar-refractivity contribution is -0.142. The molecule has 3 fully saturated rings. The maximum atomic E-state index is 14.0. The Morgan fingerprint density at radius 2 is 1.80 bits per heavy atom. The number of carbonyl (C=O) groups is 1. The molecule has 2 aromatic heterocycles. The summed E-state index contributed by atoms with van der Waals surface area (Å²) in [7, 11) is 0. The smallest absolute Gasteiger partial charge is 0.227 e. The third kappa shape index (κ3) is 5.73. The maximum absolute atomic E-state index is 14.0. The number of anilines is 1. The van der Waals surface area contributed by atoms with E-state index >= 15 is 0 Å². The van der Waals surface area contributed by atoms with E-state index in [-0.39, 0.29) is 5.92 Å². The molecule has 6 rings (SSSR count). The number of halogens is 2. The van der Waals surface area contributed by atoms with Crippen LogP contribution in [-0.4, -0.2) is 70.9 Å². The van der Waals surface area contributed by atoms with Crippen LogP contribution in [0.3, 0.4) is 0 Å². The van der Waals surface area contributed by atoms with Gasteiger partial charge in [0, 0.05) is 70.0 Å². The molecule has 0 unspecified atom stereocenters. The topological polar surface area (TPSA) is 44.1 Å². The number of rotatable bonds is 6. The number of imidazole rings is 1. The summed E-state index contributed by atoms with van der Waals surface area (Å²) in [6.07, 6.45) is 10.1. The quantitative estimate of drug-likeness (QED) is 0.425. The van der Waals surface area contributed by atoms with Crippen LogP contribution in [0, 0.1) is 42.2 Å². The minimum atomic E-state index is -0.829. The molecule has 0 N–H and O–H groups in total. The van der Waals surface area contributed by atoms with Crippen molar-refractivity contribution in [1.29, 1.82) is 0 Å². The van der Waals surface area contributed by atoms with Gasteiger partial charge in [-0.1, -0.05) is 25.8 Å². The maximum Gasteiger partial charge on any atom is 0.227 e. The summed E-state index contributed by atoms with van der Waals surface area (Å²) in [6.45, 7) is 9.81. The fourth-order valence-corrected chi connectivity index (χ4v) is 7.52. The molecule has 1 aromatic carbocycles. The predicted octanol–water partition coefficient (Wildman–Crippen LogP) is 5.19. The van der Waals surface area contributed by atoms with Crippen molar-refractivity contribution in [2.45, 2.75) is 46.0 Å². The normalized spacial score (nSPS) is 24.8. The number of amides is 1. The van der Waals surface area contributed by atoms with E-state index in [4.69, 9.17) is 0 Å². The van der Waals surface area contributed by atoms with Crippen molar-refractivity contribution in [1.82, 2.24) is 19.2 Å². The molecule has 40 heavy (non-hydrogen) atoms. The van der Waals surface area contributed by atoms with Crippen molar-refractivity contribution in [3.8, 4) is 0 Å². The number of hydrogen-bond donors (Lipinski definition) is 0. The lowest BCUT2D eigenvalue weighted by Crippen LogP contribution is -2.57. The summed E-state index contributed by atoms with van der Waals surface area (Å²) in [6, 6.07) is 8.35. The van der Waals surface area contributed by atoms with E-state index in [9.17, 15) is 13.6 Å². The van der Waals surface area contributed by atoms with Gasteiger partial charge in [0.15, 0.2) is 11.6 Å². The number of aryl methyl sites for hydroxylation is 1. The van der Waals surface area contributed by atoms with Crippen molar-refractivity contribution in [2.75, 3.05) is 50.7 Å². The molecule has 4 heterocycles. The van der Waals surface area contributed by atoms with Crippen LogP contribution in [0.4, 0.5) is 14.5 Å². The highest BCUT2D eigenvalue weighted by molar-refractivity contribution is 5.80. The third-order valence-corrected chi connectivity index (χ3v) is 9.40. The van der Waals surface area contributed by atoms with Gasteiger partial charge >= 0.3 is 0 Å². The van der Waals surface area contributed by atoms with Gasteiger partial charge in [0.2, 0.25) is 5.91 Å². The summed E-state index contributed by atoms with van der Waals surface area (Å²) < 4.78 is 29.3. The fourth-order valence-electron chi connectivity index (χ4n) is 7.52. The van der Waals surface area contributed by atoms with Gasteiger partial charge in [-0.15, -0.1) is 0 Å². The zero-order valence-electron chi connectivity index (χ0n) is 23.7. The second kappa shape index (κ2) is 11.5. The summed E-state index contributed by atoms with van der Waals surface area (Å²) >= 11 is 0. The molecule has 3 aromatic rings. The molecular formula is C32H41F2N5O. The minimum absolute atomic E-state index is 0.0475. The molecule has 8 heteroatoms. The molecule has 1 aliphatic carbocycles. The van der Waals surface area contributed by atoms with Gasteiger partial charge in [0.1, 0.15) is 5.65 Å². The van der Waals surface area contributed by atoms with Crippen LogP contribution < -0.4 is 4.90 Å². The zero-order valence-corrected chi connectivity index (χ0v) is 23.7. The first-order chi connectivity index (χ1) is 19.3. The Labute approximate surface area is 236 Å². The lowest BCUT2D eigenvalue weighted by atomic mass is 9.69. The van der Waals surface area contributed by atoms with Crippen LogP contribution in [0.5, 0.6) is 0 Å². The van der Waals surface area contributed by atoms with E-state index in [1.807, 2.05) is 16.7 Å². The van der Waals surface area contributed by atoms with Gasteiger partial charge in [0.05, 0.1) is 11.6 Å². The summed E-state index contributed by atoms with van der Waals surface area (Å²) in [4.78, 5) is 25.1. The third-order valence-electron chi connectivity index (χ3n) is 9.40. The highest BCUT2D eigenvalue weighted by Gasteiger charge is 2.43. The van der Waals surface area contributed by atoms with Crippen LogP contribution in [0.1, 0.15) is 43.9 Å². The van der Waals surface area contributed by atoms with Gasteiger partial charge in [-0.3, -0.25) is 4.79 Å². The Kier molecular flexibility index (Phi) is 7.80. The Morgan fingerprint density at radius 3 is 2.60 bits per heavy atom. The molecule has 6 nitrogen and oxygen atoms in total. The average Bonchev–Trinajstić information content (AvgIpc) is 3.33. The monoisotopic (exact) mass is 549 g/mol. The zero-order chi connectivity index (χ0) is 27.8. The van der Waals surface area contributed by atoms with Crippen molar-refractivity contribution < 1.29 is 13.6 Å². The van der Waals surface area contributed by atoms with Gasteiger partial charge in [-0.2, -0.15) is 0 Å². The van der Waals surface area contributed by atoms with E-state index in [2.05, 4.69) is 45.7 Å².